The molecule has 0 amide bonds. The third-order valence-corrected chi connectivity index (χ3v) is 2.83. The van der Waals surface area contributed by atoms with Crippen LogP contribution < -0.4 is 4.74 Å². The maximum atomic E-state index is 8.72. The molecule has 0 atom stereocenters. The largest absolute Gasteiger partial charge is 0.496 e. The lowest BCUT2D eigenvalue weighted by Crippen LogP contribution is -1.92. The van der Waals surface area contributed by atoms with Crippen molar-refractivity contribution in [3.8, 4) is 5.75 Å². The summed E-state index contributed by atoms with van der Waals surface area (Å²) in [7, 11) is 1.68. The smallest absolute Gasteiger partial charge is 0.132 e. The molecule has 2 nitrogen and oxygen atoms in total. The first-order valence-electron chi connectivity index (χ1n) is 4.63. The Labute approximate surface area is 89.3 Å². The molecule has 0 spiro atoms. The van der Waals surface area contributed by atoms with Gasteiger partial charge in [-0.2, -0.15) is 0 Å². The van der Waals surface area contributed by atoms with Gasteiger partial charge in [-0.15, -0.1) is 11.8 Å². The fourth-order valence-electron chi connectivity index (χ4n) is 1.32. The normalized spacial score (nSPS) is 10.2. The number of benzene rings is 1. The van der Waals surface area contributed by atoms with Gasteiger partial charge in [-0.25, -0.2) is 0 Å². The minimum absolute atomic E-state index is 0.251. The molecule has 1 aromatic rings. The van der Waals surface area contributed by atoms with E-state index in [1.807, 2.05) is 18.4 Å². The van der Waals surface area contributed by atoms with Gasteiger partial charge in [-0.05, 0) is 36.8 Å². The lowest BCUT2D eigenvalue weighted by molar-refractivity contribution is 0.288. The molecule has 1 N–H and O–H groups in total. The van der Waals surface area contributed by atoms with E-state index in [4.69, 9.17) is 9.84 Å². The first-order valence-corrected chi connectivity index (χ1v) is 5.86. The Morgan fingerprint density at radius 2 is 2.21 bits per heavy atom. The zero-order valence-corrected chi connectivity index (χ0v) is 9.43. The van der Waals surface area contributed by atoms with E-state index >= 15 is 0 Å². The summed E-state index contributed by atoms with van der Waals surface area (Å²) in [4.78, 5) is 1.16. The van der Waals surface area contributed by atoms with Gasteiger partial charge >= 0.3 is 0 Å². The highest BCUT2D eigenvalue weighted by atomic mass is 32.2. The van der Waals surface area contributed by atoms with Crippen LogP contribution in [-0.2, 0) is 6.42 Å². The number of aliphatic hydroxyl groups is 1. The molecule has 0 aromatic heterocycles. The van der Waals surface area contributed by atoms with Crippen molar-refractivity contribution in [1.29, 1.82) is 0 Å². The molecular weight excluding hydrogens is 196 g/mol. The number of thioether (sulfide) groups is 1. The third-order valence-electron chi connectivity index (χ3n) is 2.07. The van der Waals surface area contributed by atoms with E-state index in [-0.39, 0.29) is 6.61 Å². The molecule has 0 radical (unpaired) electrons. The van der Waals surface area contributed by atoms with Crippen molar-refractivity contribution >= 4 is 11.8 Å². The summed E-state index contributed by atoms with van der Waals surface area (Å²) in [5.41, 5.74) is 1.25. The second-order valence-electron chi connectivity index (χ2n) is 3.02. The van der Waals surface area contributed by atoms with Crippen LogP contribution in [0.1, 0.15) is 12.0 Å². The number of ether oxygens (including phenoxy) is 1. The first-order chi connectivity index (χ1) is 6.81. The molecule has 14 heavy (non-hydrogen) atoms. The van der Waals surface area contributed by atoms with Gasteiger partial charge in [0, 0.05) is 11.5 Å². The Bertz CT molecular complexity index is 287. The third kappa shape index (κ3) is 2.93. The lowest BCUT2D eigenvalue weighted by atomic mass is 10.1. The van der Waals surface area contributed by atoms with Crippen LogP contribution in [0.15, 0.2) is 23.1 Å². The topological polar surface area (TPSA) is 29.5 Å². The van der Waals surface area contributed by atoms with Crippen molar-refractivity contribution in [3.63, 3.8) is 0 Å². The average Bonchev–Trinajstić information content (AvgIpc) is 2.25. The minimum Gasteiger partial charge on any atom is -0.496 e. The highest BCUT2D eigenvalue weighted by Gasteiger charge is 2.02. The minimum atomic E-state index is 0.251. The number of methoxy groups -OCH3 is 1. The molecule has 1 rings (SSSR count). The van der Waals surface area contributed by atoms with Crippen LogP contribution in [0.4, 0.5) is 0 Å². The number of aryl methyl sites for hydroxylation is 1. The van der Waals surface area contributed by atoms with Gasteiger partial charge in [-0.1, -0.05) is 6.07 Å². The number of rotatable bonds is 5. The predicted octanol–water partition coefficient (Wildman–Crippen LogP) is 2.34. The second-order valence-corrected chi connectivity index (χ2v) is 3.86. The highest BCUT2D eigenvalue weighted by molar-refractivity contribution is 7.98. The molecule has 3 heteroatoms. The molecular formula is C11H16O2S. The zero-order valence-electron chi connectivity index (χ0n) is 8.62. The average molecular weight is 212 g/mol. The quantitative estimate of drug-likeness (QED) is 0.760. The highest BCUT2D eigenvalue weighted by Crippen LogP contribution is 2.28. The van der Waals surface area contributed by atoms with Crippen LogP contribution in [0.25, 0.3) is 0 Å². The van der Waals surface area contributed by atoms with Gasteiger partial charge in [0.05, 0.1) is 7.11 Å². The van der Waals surface area contributed by atoms with Crippen LogP contribution in [0.5, 0.6) is 5.75 Å². The zero-order chi connectivity index (χ0) is 10.4. The summed E-state index contributed by atoms with van der Waals surface area (Å²) in [5, 5.41) is 8.72. The van der Waals surface area contributed by atoms with Crippen molar-refractivity contribution in [2.24, 2.45) is 0 Å². The van der Waals surface area contributed by atoms with E-state index in [0.717, 1.165) is 23.5 Å². The molecule has 0 bridgehead atoms. The molecule has 78 valence electrons. The predicted molar refractivity (Wildman–Crippen MR) is 60.2 cm³/mol. The van der Waals surface area contributed by atoms with Gasteiger partial charge in [0.15, 0.2) is 0 Å². The van der Waals surface area contributed by atoms with Gasteiger partial charge in [0.25, 0.3) is 0 Å². The fourth-order valence-corrected chi connectivity index (χ4v) is 1.94. The van der Waals surface area contributed by atoms with E-state index < -0.39 is 0 Å². The van der Waals surface area contributed by atoms with Crippen LogP contribution in [0, 0.1) is 0 Å². The maximum absolute atomic E-state index is 8.72. The number of aliphatic hydroxyl groups excluding tert-OH is 1. The Morgan fingerprint density at radius 1 is 1.43 bits per heavy atom. The van der Waals surface area contributed by atoms with Crippen molar-refractivity contribution in [1.82, 2.24) is 0 Å². The Morgan fingerprint density at radius 3 is 2.79 bits per heavy atom. The van der Waals surface area contributed by atoms with Crippen LogP contribution in [0.2, 0.25) is 0 Å². The molecule has 0 unspecified atom stereocenters. The Balaban J connectivity index is 2.79. The molecule has 0 saturated carbocycles. The van der Waals surface area contributed by atoms with E-state index in [1.54, 1.807) is 18.9 Å². The van der Waals surface area contributed by atoms with Gasteiger partial charge < -0.3 is 9.84 Å². The van der Waals surface area contributed by atoms with Crippen molar-refractivity contribution < 1.29 is 9.84 Å². The first kappa shape index (κ1) is 11.4. The van der Waals surface area contributed by atoms with Crippen LogP contribution in [-0.4, -0.2) is 25.1 Å². The standard InChI is InChI=1S/C11H16O2S/c1-13-10-6-5-9(4-3-7-12)8-11(10)14-2/h5-6,8,12H,3-4,7H2,1-2H3. The summed E-state index contributed by atoms with van der Waals surface area (Å²) in [6.07, 6.45) is 3.78. The van der Waals surface area contributed by atoms with Gasteiger partial charge in [-0.3, -0.25) is 0 Å². The monoisotopic (exact) mass is 212 g/mol. The molecule has 0 aliphatic carbocycles. The van der Waals surface area contributed by atoms with Crippen LogP contribution in [0.3, 0.4) is 0 Å². The van der Waals surface area contributed by atoms with Gasteiger partial charge in [0.2, 0.25) is 0 Å². The molecule has 0 aliphatic heterocycles. The summed E-state index contributed by atoms with van der Waals surface area (Å²) >= 11 is 1.68. The van der Waals surface area contributed by atoms with E-state index in [1.165, 1.54) is 5.56 Å². The van der Waals surface area contributed by atoms with Crippen LogP contribution >= 0.6 is 11.8 Å². The summed E-state index contributed by atoms with van der Waals surface area (Å²) in [6.45, 7) is 0.251. The second kappa shape index (κ2) is 5.94. The van der Waals surface area contributed by atoms with E-state index in [0.29, 0.717) is 0 Å². The molecule has 0 heterocycles. The van der Waals surface area contributed by atoms with Crippen molar-refractivity contribution in [2.45, 2.75) is 17.7 Å². The van der Waals surface area contributed by atoms with E-state index in [2.05, 4.69) is 6.07 Å². The summed E-state index contributed by atoms with van der Waals surface area (Å²) in [6, 6.07) is 6.16. The van der Waals surface area contributed by atoms with Crippen molar-refractivity contribution in [3.05, 3.63) is 23.8 Å². The van der Waals surface area contributed by atoms with Gasteiger partial charge in [0.1, 0.15) is 5.75 Å². The van der Waals surface area contributed by atoms with E-state index in [9.17, 15) is 0 Å². The maximum Gasteiger partial charge on any atom is 0.132 e. The molecule has 0 saturated heterocycles. The summed E-state index contributed by atoms with van der Waals surface area (Å²) < 4.78 is 5.23. The Hall–Kier alpha value is -0.670. The number of hydrogen-bond donors (Lipinski definition) is 1. The van der Waals surface area contributed by atoms with Crippen molar-refractivity contribution in [2.75, 3.05) is 20.0 Å². The Kier molecular flexibility index (Phi) is 4.84. The lowest BCUT2D eigenvalue weighted by Gasteiger charge is -2.08. The molecule has 0 aliphatic rings. The molecule has 1 aromatic carbocycles. The summed E-state index contributed by atoms with van der Waals surface area (Å²) in [5.74, 6) is 0.922. The SMILES string of the molecule is COc1ccc(CCCO)cc1SC. The molecule has 0 fully saturated rings. The number of hydrogen-bond acceptors (Lipinski definition) is 3. The fraction of sp³-hybridized carbons (Fsp3) is 0.455.